The fourth-order valence-electron chi connectivity index (χ4n) is 5.84. The van der Waals surface area contributed by atoms with Crippen LogP contribution in [0.2, 0.25) is 0 Å². The average molecular weight is 495 g/mol. The van der Waals surface area contributed by atoms with Crippen molar-refractivity contribution in [3.63, 3.8) is 0 Å². The molecule has 0 radical (unpaired) electrons. The maximum absolute atomic E-state index is 10.1. The molecule has 1 saturated heterocycles. The number of anilines is 1. The summed E-state index contributed by atoms with van der Waals surface area (Å²) in [4.78, 5) is 11.5. The molecule has 188 valence electrons. The summed E-state index contributed by atoms with van der Waals surface area (Å²) in [5.41, 5.74) is 11.6. The van der Waals surface area contributed by atoms with Crippen molar-refractivity contribution >= 4 is 16.7 Å². The van der Waals surface area contributed by atoms with Crippen LogP contribution in [0.5, 0.6) is 5.75 Å². The van der Waals surface area contributed by atoms with Gasteiger partial charge >= 0.3 is 0 Å². The van der Waals surface area contributed by atoms with Crippen molar-refractivity contribution in [3.05, 3.63) is 77.4 Å². The molecule has 1 aliphatic carbocycles. The predicted octanol–water partition coefficient (Wildman–Crippen LogP) is 3.22. The molecule has 0 bridgehead atoms. The first-order chi connectivity index (χ1) is 18.1. The number of fused-ring (bicyclic) bond motifs is 2. The standard InChI is InChI=1S/C29H30N6O2/c1-37-23-8-9-26-21(15-23)17-32-35(26)12-4-6-22-18-31-28(25(19-36)33-22)34-13-10-29(11-14-34)16-20-5-2-3-7-24(20)27(29)30/h2-3,5,7-9,15,17-18,27,36H,10-14,16,19,30H2,1H3/t27-/m1/s1. The topological polar surface area (TPSA) is 102 Å². The van der Waals surface area contributed by atoms with Crippen LogP contribution in [0, 0.1) is 17.3 Å². The summed E-state index contributed by atoms with van der Waals surface area (Å²) in [5, 5.41) is 15.5. The number of ether oxygens (including phenoxy) is 1. The normalized spacial score (nSPS) is 18.0. The highest BCUT2D eigenvalue weighted by Crippen LogP contribution is 2.51. The molecule has 1 spiro atoms. The molecule has 3 N–H and O–H groups in total. The Bertz CT molecular complexity index is 1510. The van der Waals surface area contributed by atoms with Gasteiger partial charge in [-0.05, 0) is 59.9 Å². The van der Waals surface area contributed by atoms with Crippen LogP contribution in [-0.4, -0.2) is 45.1 Å². The Balaban J connectivity index is 1.15. The summed E-state index contributed by atoms with van der Waals surface area (Å²) in [6.45, 7) is 1.91. The van der Waals surface area contributed by atoms with Crippen LogP contribution in [0.1, 0.15) is 41.4 Å². The summed E-state index contributed by atoms with van der Waals surface area (Å²) in [6.07, 6.45) is 6.50. The SMILES string of the molecule is COc1ccc2c(cnn2CC#Cc2cnc(N3CCC4(CC3)Cc3ccccc3[C@H]4N)c(CO)n2)c1. The number of nitrogens with zero attached hydrogens (tertiary/aromatic N) is 5. The molecule has 8 heteroatoms. The van der Waals surface area contributed by atoms with Crippen molar-refractivity contribution in [1.82, 2.24) is 19.7 Å². The Morgan fingerprint density at radius 3 is 2.78 bits per heavy atom. The highest BCUT2D eigenvalue weighted by Gasteiger charge is 2.46. The number of nitrogens with two attached hydrogens (primary N) is 1. The minimum absolute atomic E-state index is 0.0702. The Hall–Kier alpha value is -3.93. The minimum atomic E-state index is -0.184. The van der Waals surface area contributed by atoms with E-state index < -0.39 is 0 Å². The van der Waals surface area contributed by atoms with Crippen molar-refractivity contribution in [2.75, 3.05) is 25.1 Å². The Morgan fingerprint density at radius 1 is 1.16 bits per heavy atom. The fourth-order valence-corrected chi connectivity index (χ4v) is 5.84. The van der Waals surface area contributed by atoms with Gasteiger partial charge in [-0.3, -0.25) is 4.68 Å². The van der Waals surface area contributed by atoms with E-state index >= 15 is 0 Å². The Kier molecular flexibility index (Phi) is 6.03. The fraction of sp³-hybridized carbons (Fsp3) is 0.345. The van der Waals surface area contributed by atoms with E-state index in [-0.39, 0.29) is 18.1 Å². The molecular formula is C29H30N6O2. The maximum atomic E-state index is 10.1. The summed E-state index contributed by atoms with van der Waals surface area (Å²) in [6, 6.07) is 14.5. The smallest absolute Gasteiger partial charge is 0.152 e. The summed E-state index contributed by atoms with van der Waals surface area (Å²) < 4.78 is 7.12. The predicted molar refractivity (Wildman–Crippen MR) is 142 cm³/mol. The van der Waals surface area contributed by atoms with Crippen LogP contribution in [-0.2, 0) is 19.6 Å². The molecule has 3 heterocycles. The molecule has 0 unspecified atom stereocenters. The summed E-state index contributed by atoms with van der Waals surface area (Å²) in [7, 11) is 1.65. The highest BCUT2D eigenvalue weighted by molar-refractivity contribution is 5.80. The minimum Gasteiger partial charge on any atom is -0.497 e. The largest absolute Gasteiger partial charge is 0.497 e. The maximum Gasteiger partial charge on any atom is 0.152 e. The first kappa shape index (κ1) is 23.5. The van der Waals surface area contributed by atoms with E-state index in [1.165, 1.54) is 11.1 Å². The van der Waals surface area contributed by atoms with Crippen molar-refractivity contribution in [3.8, 4) is 17.6 Å². The molecule has 2 aromatic heterocycles. The van der Waals surface area contributed by atoms with Crippen LogP contribution < -0.4 is 15.4 Å². The van der Waals surface area contributed by atoms with Crippen LogP contribution in [0.3, 0.4) is 0 Å². The molecule has 0 saturated carbocycles. The lowest BCUT2D eigenvalue weighted by Crippen LogP contribution is -2.45. The molecule has 1 atom stereocenters. The average Bonchev–Trinajstić information content (AvgIpc) is 3.47. The van der Waals surface area contributed by atoms with E-state index in [4.69, 9.17) is 10.5 Å². The molecule has 6 rings (SSSR count). The summed E-state index contributed by atoms with van der Waals surface area (Å²) >= 11 is 0. The van der Waals surface area contributed by atoms with Crippen molar-refractivity contribution in [2.24, 2.45) is 11.1 Å². The van der Waals surface area contributed by atoms with E-state index in [1.807, 2.05) is 22.9 Å². The van der Waals surface area contributed by atoms with Crippen molar-refractivity contribution < 1.29 is 9.84 Å². The first-order valence-corrected chi connectivity index (χ1v) is 12.6. The zero-order valence-corrected chi connectivity index (χ0v) is 20.9. The van der Waals surface area contributed by atoms with Gasteiger partial charge in [0, 0.05) is 24.5 Å². The third kappa shape index (κ3) is 4.20. The number of aromatic nitrogens is 4. The molecular weight excluding hydrogens is 464 g/mol. The number of benzene rings is 2. The lowest BCUT2D eigenvalue weighted by atomic mass is 9.73. The number of piperidine rings is 1. The second kappa shape index (κ2) is 9.51. The Labute approximate surface area is 216 Å². The number of rotatable bonds is 4. The third-order valence-corrected chi connectivity index (χ3v) is 7.92. The van der Waals surface area contributed by atoms with Gasteiger partial charge in [0.1, 0.15) is 23.7 Å². The molecule has 8 nitrogen and oxygen atoms in total. The highest BCUT2D eigenvalue weighted by atomic mass is 16.5. The van der Waals surface area contributed by atoms with Crippen LogP contribution in [0.4, 0.5) is 5.82 Å². The molecule has 4 aromatic rings. The third-order valence-electron chi connectivity index (χ3n) is 7.92. The number of aliphatic hydroxyl groups excluding tert-OH is 1. The zero-order chi connectivity index (χ0) is 25.4. The van der Waals surface area contributed by atoms with Gasteiger partial charge in [-0.25, -0.2) is 9.97 Å². The number of aliphatic hydroxyl groups is 1. The van der Waals surface area contributed by atoms with Gasteiger partial charge in [0.15, 0.2) is 5.82 Å². The quantitative estimate of drug-likeness (QED) is 0.420. The van der Waals surface area contributed by atoms with Crippen LogP contribution >= 0.6 is 0 Å². The van der Waals surface area contributed by atoms with Crippen LogP contribution in [0.15, 0.2) is 54.9 Å². The van der Waals surface area contributed by atoms with Gasteiger partial charge in [-0.1, -0.05) is 30.2 Å². The Morgan fingerprint density at radius 2 is 2.00 bits per heavy atom. The van der Waals surface area contributed by atoms with E-state index in [2.05, 4.69) is 56.1 Å². The van der Waals surface area contributed by atoms with Gasteiger partial charge in [0.2, 0.25) is 0 Å². The van der Waals surface area contributed by atoms with Gasteiger partial charge in [-0.15, -0.1) is 0 Å². The van der Waals surface area contributed by atoms with Gasteiger partial charge in [0.25, 0.3) is 0 Å². The van der Waals surface area contributed by atoms with Gasteiger partial charge < -0.3 is 20.5 Å². The van der Waals surface area contributed by atoms with Crippen LogP contribution in [0.25, 0.3) is 10.9 Å². The monoisotopic (exact) mass is 494 g/mol. The first-order valence-electron chi connectivity index (χ1n) is 12.6. The van der Waals surface area contributed by atoms with E-state index in [1.54, 1.807) is 19.5 Å². The molecule has 2 aromatic carbocycles. The van der Waals surface area contributed by atoms with E-state index in [9.17, 15) is 5.11 Å². The second-order valence-corrected chi connectivity index (χ2v) is 9.92. The van der Waals surface area contributed by atoms with E-state index in [0.717, 1.165) is 54.8 Å². The van der Waals surface area contributed by atoms with Gasteiger partial charge in [0.05, 0.1) is 31.6 Å². The van der Waals surface area contributed by atoms with E-state index in [0.29, 0.717) is 17.9 Å². The number of hydrogen-bond acceptors (Lipinski definition) is 7. The molecule has 2 aliphatic rings. The lowest BCUT2D eigenvalue weighted by Gasteiger charge is -2.42. The molecule has 1 aliphatic heterocycles. The molecule has 37 heavy (non-hydrogen) atoms. The lowest BCUT2D eigenvalue weighted by molar-refractivity contribution is 0.186. The zero-order valence-electron chi connectivity index (χ0n) is 20.9. The van der Waals surface area contributed by atoms with Gasteiger partial charge in [-0.2, -0.15) is 5.10 Å². The van der Waals surface area contributed by atoms with Crippen molar-refractivity contribution in [1.29, 1.82) is 0 Å². The second-order valence-electron chi connectivity index (χ2n) is 9.92. The summed E-state index contributed by atoms with van der Waals surface area (Å²) in [5.74, 6) is 7.74. The number of hydrogen-bond donors (Lipinski definition) is 2. The molecule has 1 fully saturated rings. The van der Waals surface area contributed by atoms with Crippen molar-refractivity contribution in [2.45, 2.75) is 38.5 Å². The number of methoxy groups -OCH3 is 1. The molecule has 0 amide bonds.